The Hall–Kier alpha value is -2.46. The lowest BCUT2D eigenvalue weighted by atomic mass is 10.0. The summed E-state index contributed by atoms with van der Waals surface area (Å²) >= 11 is 1.91. The molecule has 3 atom stereocenters. The molecule has 0 spiro atoms. The van der Waals surface area contributed by atoms with Crippen LogP contribution in [0.25, 0.3) is 0 Å². The molecule has 0 aromatic carbocycles. The Bertz CT molecular complexity index is 878. The first-order valence-electron chi connectivity index (χ1n) is 14.2. The first-order chi connectivity index (χ1) is 19.9. The second-order valence-electron chi connectivity index (χ2n) is 9.87. The molecule has 15 heteroatoms. The number of nitrogens with one attached hydrogen (secondary N) is 2. The number of nitrogens with zero attached hydrogens (tertiary/aromatic N) is 2. The number of carbonyl (C=O) groups is 5. The fraction of sp³-hybridized carbons (Fsp3) is 0.808. The normalized spacial score (nSPS) is 21.9. The summed E-state index contributed by atoms with van der Waals surface area (Å²) in [7, 11) is 1.86. The maximum atomic E-state index is 12.0. The molecule has 2 N–H and O–H groups in total. The van der Waals surface area contributed by atoms with Crippen molar-refractivity contribution in [3.05, 3.63) is 0 Å². The molecule has 232 valence electrons. The van der Waals surface area contributed by atoms with Crippen molar-refractivity contribution in [2.24, 2.45) is 0 Å². The number of ether oxygens (including phenoxy) is 4. The van der Waals surface area contributed by atoms with Crippen LogP contribution >= 0.6 is 11.8 Å². The van der Waals surface area contributed by atoms with Gasteiger partial charge in [-0.25, -0.2) is 9.59 Å². The highest BCUT2D eigenvalue weighted by Crippen LogP contribution is 2.36. The van der Waals surface area contributed by atoms with Gasteiger partial charge in [0.05, 0.1) is 71.4 Å². The number of hydrogen-bond donors (Lipinski definition) is 2. The van der Waals surface area contributed by atoms with E-state index in [2.05, 4.69) is 10.6 Å². The van der Waals surface area contributed by atoms with E-state index < -0.39 is 17.8 Å². The molecular weight excluding hydrogens is 560 g/mol. The zero-order valence-corrected chi connectivity index (χ0v) is 24.5. The van der Waals surface area contributed by atoms with Gasteiger partial charge in [0, 0.05) is 43.9 Å². The minimum absolute atomic E-state index is 0.0153. The summed E-state index contributed by atoms with van der Waals surface area (Å²) in [6.07, 6.45) is 3.32. The van der Waals surface area contributed by atoms with Gasteiger partial charge in [-0.3, -0.25) is 14.4 Å². The molecule has 3 aliphatic rings. The maximum absolute atomic E-state index is 12.0. The number of urea groups is 1. The Morgan fingerprint density at radius 2 is 1.49 bits per heavy atom. The lowest BCUT2D eigenvalue weighted by molar-refractivity contribution is -0.198. The molecule has 1 unspecified atom stereocenters. The highest BCUT2D eigenvalue weighted by molar-refractivity contribution is 8.00. The number of carbonyl (C=O) groups excluding carboxylic acids is 5. The summed E-state index contributed by atoms with van der Waals surface area (Å²) in [6.45, 7) is 3.17. The van der Waals surface area contributed by atoms with Crippen molar-refractivity contribution in [3.63, 3.8) is 0 Å². The van der Waals surface area contributed by atoms with Crippen LogP contribution < -0.4 is 10.6 Å². The minimum Gasteiger partial charge on any atom is -0.378 e. The van der Waals surface area contributed by atoms with Crippen LogP contribution in [-0.2, 0) is 43.0 Å². The molecule has 3 saturated heterocycles. The van der Waals surface area contributed by atoms with Crippen LogP contribution in [0.5, 0.6) is 0 Å². The average molecular weight is 603 g/mol. The number of amides is 5. The number of likely N-dealkylation sites (N-methyl/N-ethyl adjacent to an activating group) is 1. The topological polar surface area (TPSA) is 162 Å². The molecule has 0 saturated carbocycles. The van der Waals surface area contributed by atoms with Crippen LogP contribution in [-0.4, -0.2) is 129 Å². The van der Waals surface area contributed by atoms with Gasteiger partial charge in [0.2, 0.25) is 5.91 Å². The lowest BCUT2D eigenvalue weighted by Crippen LogP contribution is -2.38. The number of unbranched alkanes of at least 4 members (excludes halogenated alkanes) is 1. The van der Waals surface area contributed by atoms with Crippen molar-refractivity contribution < 1.29 is 47.8 Å². The van der Waals surface area contributed by atoms with Crippen LogP contribution in [0, 0.1) is 0 Å². The van der Waals surface area contributed by atoms with E-state index in [9.17, 15) is 24.0 Å². The Balaban J connectivity index is 1.02. The standard InChI is InChI=1S/C26H42N4O10S/c1-29-25-19(28-26(29)35)18-41-20(25)4-2-3-5-21(31)27-9-11-37-13-15-39-17-16-38-14-12-36-10-8-24(34)40-30-22(32)6-7-23(30)33/h19-20,25H,2-18H2,1H3,(H,27,31)(H,28,35)/t19?,20-,25-/m0/s1. The molecule has 3 heterocycles. The van der Waals surface area contributed by atoms with Gasteiger partial charge >= 0.3 is 12.0 Å². The van der Waals surface area contributed by atoms with Crippen LogP contribution in [0.1, 0.15) is 44.9 Å². The van der Waals surface area contributed by atoms with Crippen molar-refractivity contribution in [2.75, 3.05) is 72.2 Å². The first-order valence-corrected chi connectivity index (χ1v) is 15.2. The van der Waals surface area contributed by atoms with Gasteiger partial charge in [0.15, 0.2) is 0 Å². The van der Waals surface area contributed by atoms with Gasteiger partial charge in [-0.15, -0.1) is 5.06 Å². The summed E-state index contributed by atoms with van der Waals surface area (Å²) in [5, 5.41) is 6.84. The molecule has 5 amide bonds. The molecule has 3 aliphatic heterocycles. The maximum Gasteiger partial charge on any atom is 0.335 e. The van der Waals surface area contributed by atoms with Gasteiger partial charge < -0.3 is 39.3 Å². The average Bonchev–Trinajstić information content (AvgIpc) is 3.58. The van der Waals surface area contributed by atoms with Crippen molar-refractivity contribution in [3.8, 4) is 0 Å². The largest absolute Gasteiger partial charge is 0.378 e. The van der Waals surface area contributed by atoms with Crippen LogP contribution in [0.15, 0.2) is 0 Å². The second kappa shape index (κ2) is 18.2. The van der Waals surface area contributed by atoms with Crippen molar-refractivity contribution in [1.82, 2.24) is 20.6 Å². The van der Waals surface area contributed by atoms with E-state index in [1.165, 1.54) is 0 Å². The van der Waals surface area contributed by atoms with E-state index in [4.69, 9.17) is 23.8 Å². The molecule has 3 fully saturated rings. The molecule has 0 aromatic heterocycles. The van der Waals surface area contributed by atoms with Gasteiger partial charge in [-0.2, -0.15) is 11.8 Å². The Morgan fingerprint density at radius 1 is 0.878 bits per heavy atom. The SMILES string of the molecule is CN1C(=O)NC2CS[C@@H](CCCCC(=O)NCCOCCOCCOCCOCCC(=O)ON3C(=O)CCC3=O)[C@H]21. The van der Waals surface area contributed by atoms with Crippen molar-refractivity contribution >= 4 is 41.5 Å². The van der Waals surface area contributed by atoms with Crippen molar-refractivity contribution in [1.29, 1.82) is 0 Å². The molecular formula is C26H42N4O10S. The highest BCUT2D eigenvalue weighted by atomic mass is 32.2. The van der Waals surface area contributed by atoms with Gasteiger partial charge in [0.25, 0.3) is 11.8 Å². The molecule has 0 aromatic rings. The second-order valence-corrected chi connectivity index (χ2v) is 11.1. The number of hydroxylamine groups is 2. The monoisotopic (exact) mass is 602 g/mol. The Morgan fingerprint density at radius 3 is 2.15 bits per heavy atom. The number of thioether (sulfide) groups is 1. The van der Waals surface area contributed by atoms with Gasteiger partial charge in [0.1, 0.15) is 0 Å². The van der Waals surface area contributed by atoms with Crippen LogP contribution in [0.4, 0.5) is 4.79 Å². The molecule has 3 rings (SSSR count). The first kappa shape index (κ1) is 33.0. The summed E-state index contributed by atoms with van der Waals surface area (Å²) in [4.78, 5) is 64.8. The predicted octanol–water partition coefficient (Wildman–Crippen LogP) is 0.234. The fourth-order valence-corrected chi connectivity index (χ4v) is 6.32. The van der Waals surface area contributed by atoms with Gasteiger partial charge in [-0.05, 0) is 12.8 Å². The Labute approximate surface area is 244 Å². The van der Waals surface area contributed by atoms with E-state index >= 15 is 0 Å². The third-order valence-electron chi connectivity index (χ3n) is 6.84. The number of rotatable bonds is 21. The quantitative estimate of drug-likeness (QED) is 0.105. The fourth-order valence-electron chi connectivity index (χ4n) is 4.68. The molecule has 41 heavy (non-hydrogen) atoms. The van der Waals surface area contributed by atoms with Crippen molar-refractivity contribution in [2.45, 2.75) is 62.3 Å². The number of imide groups is 1. The van der Waals surface area contributed by atoms with Crippen LogP contribution in [0.2, 0.25) is 0 Å². The molecule has 0 radical (unpaired) electrons. The van der Waals surface area contributed by atoms with Crippen LogP contribution in [0.3, 0.4) is 0 Å². The minimum atomic E-state index is -0.703. The van der Waals surface area contributed by atoms with E-state index in [0.717, 1.165) is 25.0 Å². The van der Waals surface area contributed by atoms with E-state index in [0.29, 0.717) is 62.9 Å². The predicted molar refractivity (Wildman–Crippen MR) is 147 cm³/mol. The molecule has 14 nitrogen and oxygen atoms in total. The summed E-state index contributed by atoms with van der Waals surface area (Å²) < 4.78 is 21.5. The smallest absolute Gasteiger partial charge is 0.335 e. The zero-order chi connectivity index (χ0) is 29.5. The number of hydrogen-bond acceptors (Lipinski definition) is 11. The van der Waals surface area contributed by atoms with E-state index in [-0.39, 0.29) is 56.5 Å². The van der Waals surface area contributed by atoms with Gasteiger partial charge in [-0.1, -0.05) is 6.42 Å². The third-order valence-corrected chi connectivity index (χ3v) is 8.33. The zero-order valence-electron chi connectivity index (χ0n) is 23.6. The highest BCUT2D eigenvalue weighted by Gasteiger charge is 2.46. The lowest BCUT2D eigenvalue weighted by Gasteiger charge is -2.23. The Kier molecular flexibility index (Phi) is 14.6. The summed E-state index contributed by atoms with van der Waals surface area (Å²) in [6, 6.07) is 0.525. The molecule has 0 bridgehead atoms. The van der Waals surface area contributed by atoms with E-state index in [1.807, 2.05) is 23.7 Å². The third kappa shape index (κ3) is 11.4. The molecule has 0 aliphatic carbocycles. The van der Waals surface area contributed by atoms with E-state index in [1.54, 1.807) is 0 Å². The number of fused-ring (bicyclic) bond motifs is 1. The summed E-state index contributed by atoms with van der Waals surface area (Å²) in [5.41, 5.74) is 0. The summed E-state index contributed by atoms with van der Waals surface area (Å²) in [5.74, 6) is -0.748.